The van der Waals surface area contributed by atoms with Crippen LogP contribution in [0.4, 0.5) is 9.59 Å². The van der Waals surface area contributed by atoms with Crippen LogP contribution in [0.25, 0.3) is 6.08 Å². The van der Waals surface area contributed by atoms with E-state index in [1.165, 1.54) is 6.08 Å². The van der Waals surface area contributed by atoms with Crippen LogP contribution in [0.5, 0.6) is 5.75 Å². The molecular formula is C56H87N5O15. The highest BCUT2D eigenvalue weighted by Crippen LogP contribution is 2.42. The summed E-state index contributed by atoms with van der Waals surface area (Å²) in [5.41, 5.74) is 3.73. The van der Waals surface area contributed by atoms with Crippen LogP contribution in [0.2, 0.25) is 0 Å². The minimum Gasteiger partial charge on any atom is -0.497 e. The first kappa shape index (κ1) is 61.9. The van der Waals surface area contributed by atoms with Crippen LogP contribution in [0.3, 0.4) is 0 Å². The molecule has 17 atom stereocenters. The number of cyclic esters (lactones) is 1. The number of ether oxygens (including phenoxy) is 8. The Bertz CT molecular complexity index is 2200. The topological polar surface area (TPSA) is 245 Å². The molecule has 3 aliphatic rings. The van der Waals surface area contributed by atoms with E-state index < -0.39 is 114 Å². The zero-order chi connectivity index (χ0) is 56.2. The number of rotatable bonds is 13. The van der Waals surface area contributed by atoms with Crippen molar-refractivity contribution in [1.29, 1.82) is 0 Å². The number of hydrogen-bond acceptors (Lipinski definition) is 17. The van der Waals surface area contributed by atoms with Gasteiger partial charge in [-0.1, -0.05) is 77.1 Å². The lowest BCUT2D eigenvalue weighted by atomic mass is 9.77. The Balaban J connectivity index is 1.45. The second kappa shape index (κ2) is 27.6. The first-order chi connectivity index (χ1) is 35.7. The second-order valence-electron chi connectivity index (χ2n) is 22.3. The van der Waals surface area contributed by atoms with Crippen molar-refractivity contribution in [1.82, 2.24) is 26.0 Å². The molecule has 0 spiro atoms. The fourth-order valence-electron chi connectivity index (χ4n) is 10.9. The molecule has 3 saturated heterocycles. The van der Waals surface area contributed by atoms with E-state index in [1.54, 1.807) is 59.9 Å². The fourth-order valence-corrected chi connectivity index (χ4v) is 10.9. The number of carbonyl (C=O) groups excluding carboxylic acids is 4. The smallest absolute Gasteiger partial charge is 0.426 e. The lowest BCUT2D eigenvalue weighted by molar-refractivity contribution is -0.312. The number of esters is 1. The highest BCUT2D eigenvalue weighted by Gasteiger charge is 2.52. The molecule has 6 N–H and O–H groups in total. The molecule has 426 valence electrons. The molecule has 2 aromatic carbocycles. The summed E-state index contributed by atoms with van der Waals surface area (Å²) < 4.78 is 49.9. The third kappa shape index (κ3) is 16.8. The number of benzene rings is 2. The van der Waals surface area contributed by atoms with E-state index in [0.717, 1.165) is 11.1 Å². The van der Waals surface area contributed by atoms with Gasteiger partial charge in [-0.15, -0.1) is 0 Å². The molecule has 20 nitrogen and oxygen atoms in total. The Kier molecular flexibility index (Phi) is 22.5. The summed E-state index contributed by atoms with van der Waals surface area (Å²) in [6.45, 7) is 18.5. The van der Waals surface area contributed by atoms with E-state index in [1.807, 2.05) is 108 Å². The zero-order valence-electron chi connectivity index (χ0n) is 47.0. The molecule has 1 unspecified atom stereocenters. The van der Waals surface area contributed by atoms with Crippen molar-refractivity contribution in [2.24, 2.45) is 23.2 Å². The molecule has 76 heavy (non-hydrogen) atoms. The van der Waals surface area contributed by atoms with Gasteiger partial charge in [0.2, 0.25) is 0 Å². The maximum absolute atomic E-state index is 14.8. The molecule has 0 radical (unpaired) electrons. The number of alkyl carbamates (subject to hydrolysis) is 1. The third-order valence-electron chi connectivity index (χ3n) is 15.1. The number of hydrazine groups is 1. The Morgan fingerprint density at radius 2 is 1.53 bits per heavy atom. The van der Waals surface area contributed by atoms with Gasteiger partial charge in [0, 0.05) is 49.0 Å². The average Bonchev–Trinajstić information content (AvgIpc) is 3.37. The molecule has 3 fully saturated rings. The molecule has 3 aliphatic heterocycles. The van der Waals surface area contributed by atoms with E-state index in [4.69, 9.17) is 37.9 Å². The number of likely N-dealkylation sites (N-methyl/N-ethyl adjacent to an activating group) is 2. The molecule has 5 rings (SSSR count). The van der Waals surface area contributed by atoms with Crippen LogP contribution in [0.15, 0.2) is 60.7 Å². The predicted molar refractivity (Wildman–Crippen MR) is 283 cm³/mol. The predicted octanol–water partition coefficient (Wildman–Crippen LogP) is 5.55. The second-order valence-corrected chi connectivity index (χ2v) is 22.3. The third-order valence-corrected chi connectivity index (χ3v) is 15.1. The summed E-state index contributed by atoms with van der Waals surface area (Å²) in [5.74, 6) is -2.91. The standard InChI is InChI=1S/C56H87N5O15/c1-15-42-46(64)48(74-53(66)57-30-39-21-24-40(69-14)25-22-39)36(6)61(13)31-32(2)28-56(10,68)49(75-52-45(63)41(60(11)12)27-33(3)70-52)34(4)47(35(5)51(65)72-42)73-44-29-55(8,9)50(37(7)71-44)76-54(67)59-58-43(62)26-23-38-19-17-16-18-20-38/h16-26,32-37,41-42,44-50,52,63-64,68H,15,27-31H2,1-14H3,(H,57,66)(H,58,62)(H,59,67)/b26-23+/t32-,33-,34+,35-,36-,37+,41+,42-,44?,45-,46+,47+,48-,49-,50+,52+,56+/m1/s1. The van der Waals surface area contributed by atoms with Crippen molar-refractivity contribution in [3.63, 3.8) is 0 Å². The summed E-state index contributed by atoms with van der Waals surface area (Å²) in [7, 11) is 7.13. The normalized spacial score (nSPS) is 35.0. The molecule has 3 amide bonds. The molecule has 3 heterocycles. The van der Waals surface area contributed by atoms with Crippen LogP contribution >= 0.6 is 0 Å². The van der Waals surface area contributed by atoms with E-state index in [2.05, 4.69) is 16.2 Å². The monoisotopic (exact) mass is 1070 g/mol. The minimum atomic E-state index is -1.67. The number of aliphatic hydroxyl groups is 3. The highest BCUT2D eigenvalue weighted by molar-refractivity contribution is 5.92. The number of hydrogen-bond donors (Lipinski definition) is 6. The quantitative estimate of drug-likeness (QED) is 0.0623. The SMILES string of the molecule is CC[C@H]1OC(=O)[C@H](C)[C@@H](OC2CC(C)(C)[C@@H](OC(=O)NNC(=O)/C=C/c3ccccc3)[C@H](C)O2)[C@H](C)[C@@H](O[C@@H]2O[C@H](C)C[C@H](N(C)C)[C@H]2O)[C@@](C)(O)C[C@@H](C)CN(C)[C@H](C)[C@@H](OC(=O)NCc2ccc(OC)cc2)[C@H]1O. The number of nitrogens with one attached hydrogen (secondary N) is 3. The molecule has 0 aliphatic carbocycles. The summed E-state index contributed by atoms with van der Waals surface area (Å²) in [6.07, 6.45) is -9.25. The Morgan fingerprint density at radius 1 is 0.855 bits per heavy atom. The van der Waals surface area contributed by atoms with Crippen molar-refractivity contribution in [2.75, 3.05) is 34.8 Å². The van der Waals surface area contributed by atoms with Crippen LogP contribution in [-0.4, -0.2) is 169 Å². The Hall–Kier alpha value is -4.90. The number of nitrogens with zero attached hydrogens (tertiary/aromatic N) is 2. The largest absolute Gasteiger partial charge is 0.497 e. The minimum absolute atomic E-state index is 0.128. The molecule has 0 saturated carbocycles. The summed E-state index contributed by atoms with van der Waals surface area (Å²) in [4.78, 5) is 57.9. The number of aliphatic hydroxyl groups excluding tert-OH is 2. The fraction of sp³-hybridized carbons (Fsp3) is 0.679. The number of carbonyl (C=O) groups is 4. The molecule has 0 bridgehead atoms. The lowest BCUT2D eigenvalue weighted by Gasteiger charge is -2.49. The molecule has 0 aromatic heterocycles. The van der Waals surface area contributed by atoms with Crippen LogP contribution in [-0.2, 0) is 49.3 Å². The van der Waals surface area contributed by atoms with Gasteiger partial charge in [-0.3, -0.25) is 19.9 Å². The highest BCUT2D eigenvalue weighted by atomic mass is 16.7. The number of methoxy groups -OCH3 is 1. The zero-order valence-corrected chi connectivity index (χ0v) is 47.0. The van der Waals surface area contributed by atoms with Crippen LogP contribution in [0.1, 0.15) is 106 Å². The maximum Gasteiger partial charge on any atom is 0.426 e. The van der Waals surface area contributed by atoms with Gasteiger partial charge in [0.15, 0.2) is 12.6 Å². The summed E-state index contributed by atoms with van der Waals surface area (Å²) >= 11 is 0. The van der Waals surface area contributed by atoms with Gasteiger partial charge in [-0.05, 0) is 110 Å². The van der Waals surface area contributed by atoms with Gasteiger partial charge in [-0.2, -0.15) is 0 Å². The van der Waals surface area contributed by atoms with E-state index in [0.29, 0.717) is 18.7 Å². The maximum atomic E-state index is 14.8. The van der Waals surface area contributed by atoms with Gasteiger partial charge in [0.1, 0.15) is 36.3 Å². The van der Waals surface area contributed by atoms with Gasteiger partial charge in [0.05, 0.1) is 43.0 Å². The first-order valence-corrected chi connectivity index (χ1v) is 26.6. The van der Waals surface area contributed by atoms with Gasteiger partial charge in [-0.25, -0.2) is 15.0 Å². The van der Waals surface area contributed by atoms with Crippen LogP contribution in [0, 0.1) is 23.2 Å². The van der Waals surface area contributed by atoms with Crippen molar-refractivity contribution < 1.29 is 72.4 Å². The Morgan fingerprint density at radius 3 is 2.14 bits per heavy atom. The van der Waals surface area contributed by atoms with Gasteiger partial charge < -0.3 is 63.4 Å². The van der Waals surface area contributed by atoms with E-state index in [9.17, 15) is 34.5 Å². The molecular weight excluding hydrogens is 983 g/mol. The van der Waals surface area contributed by atoms with Crippen molar-refractivity contribution in [3.8, 4) is 5.75 Å². The Labute approximate surface area is 449 Å². The van der Waals surface area contributed by atoms with Gasteiger partial charge >= 0.3 is 18.2 Å². The van der Waals surface area contributed by atoms with Crippen LogP contribution < -0.4 is 20.9 Å². The first-order valence-electron chi connectivity index (χ1n) is 26.6. The van der Waals surface area contributed by atoms with Gasteiger partial charge in [0.25, 0.3) is 5.91 Å². The summed E-state index contributed by atoms with van der Waals surface area (Å²) in [5, 5.41) is 39.7. The lowest BCUT2D eigenvalue weighted by Crippen LogP contribution is -2.60. The molecule has 2 aromatic rings. The van der Waals surface area contributed by atoms with Crippen molar-refractivity contribution >= 4 is 30.1 Å². The van der Waals surface area contributed by atoms with E-state index in [-0.39, 0.29) is 43.9 Å². The number of amides is 3. The van der Waals surface area contributed by atoms with Crippen molar-refractivity contribution in [2.45, 2.75) is 187 Å². The van der Waals surface area contributed by atoms with E-state index >= 15 is 0 Å². The van der Waals surface area contributed by atoms with Crippen molar-refractivity contribution in [3.05, 3.63) is 71.8 Å². The molecule has 20 heteroatoms. The summed E-state index contributed by atoms with van der Waals surface area (Å²) in [6, 6.07) is 15.4. The average molecular weight is 1070 g/mol.